The van der Waals surface area contributed by atoms with E-state index in [1.807, 2.05) is 29.2 Å². The first-order valence-corrected chi connectivity index (χ1v) is 8.42. The molecule has 3 rings (SSSR count). The number of para-hydroxylation sites is 1. The molecule has 23 heavy (non-hydrogen) atoms. The van der Waals surface area contributed by atoms with E-state index in [9.17, 15) is 4.79 Å². The number of halogens is 1. The predicted octanol–water partition coefficient (Wildman–Crippen LogP) is 3.07. The van der Waals surface area contributed by atoms with Crippen LogP contribution in [0.15, 0.2) is 47.1 Å². The smallest absolute Gasteiger partial charge is 0.255 e. The Bertz CT molecular complexity index is 668. The first-order valence-electron chi connectivity index (χ1n) is 7.62. The summed E-state index contributed by atoms with van der Waals surface area (Å²) < 4.78 is 6.58. The molecule has 6 heteroatoms. The van der Waals surface area contributed by atoms with E-state index >= 15 is 0 Å². The Balaban J connectivity index is 1.69. The summed E-state index contributed by atoms with van der Waals surface area (Å²) in [4.78, 5) is 18.6. The molecule has 1 aliphatic heterocycles. The topological polar surface area (TPSA) is 54.5 Å². The average molecular weight is 376 g/mol. The van der Waals surface area contributed by atoms with Crippen LogP contribution >= 0.6 is 15.9 Å². The Morgan fingerprint density at radius 2 is 2.04 bits per heavy atom. The monoisotopic (exact) mass is 375 g/mol. The van der Waals surface area contributed by atoms with Gasteiger partial charge in [0, 0.05) is 31.9 Å². The van der Waals surface area contributed by atoms with Gasteiger partial charge in [0.2, 0.25) is 5.88 Å². The molecule has 2 aromatic rings. The second kappa shape index (κ2) is 7.57. The second-order valence-corrected chi connectivity index (χ2v) is 6.17. The molecule has 1 N–H and O–H groups in total. The Morgan fingerprint density at radius 3 is 2.83 bits per heavy atom. The van der Waals surface area contributed by atoms with Crippen LogP contribution in [0.3, 0.4) is 0 Å². The van der Waals surface area contributed by atoms with Gasteiger partial charge in [0.1, 0.15) is 5.75 Å². The lowest BCUT2D eigenvalue weighted by molar-refractivity contribution is 0.0766. The van der Waals surface area contributed by atoms with Gasteiger partial charge in [-0.05, 0) is 47.1 Å². The summed E-state index contributed by atoms with van der Waals surface area (Å²) >= 11 is 3.43. The Hall–Kier alpha value is -1.92. The van der Waals surface area contributed by atoms with Crippen LogP contribution in [-0.4, -0.2) is 42.0 Å². The first kappa shape index (κ1) is 16.0. The third-order valence-corrected chi connectivity index (χ3v) is 4.32. The fourth-order valence-corrected chi connectivity index (χ4v) is 2.80. The second-order valence-electron chi connectivity index (χ2n) is 5.31. The van der Waals surface area contributed by atoms with Gasteiger partial charge in [-0.1, -0.05) is 12.1 Å². The van der Waals surface area contributed by atoms with Crippen LogP contribution in [0.4, 0.5) is 0 Å². The highest BCUT2D eigenvalue weighted by molar-refractivity contribution is 9.10. The molecule has 1 aromatic carbocycles. The van der Waals surface area contributed by atoms with E-state index in [2.05, 4.69) is 26.2 Å². The van der Waals surface area contributed by atoms with Gasteiger partial charge >= 0.3 is 0 Å². The van der Waals surface area contributed by atoms with E-state index in [-0.39, 0.29) is 5.91 Å². The summed E-state index contributed by atoms with van der Waals surface area (Å²) in [6, 6.07) is 11.1. The third-order valence-electron chi connectivity index (χ3n) is 3.66. The molecule has 0 aliphatic carbocycles. The molecule has 0 radical (unpaired) electrons. The summed E-state index contributed by atoms with van der Waals surface area (Å²) in [5.74, 6) is 1.18. The number of nitrogens with zero attached hydrogens (tertiary/aromatic N) is 2. The minimum absolute atomic E-state index is 0.0219. The minimum atomic E-state index is 0.0219. The Morgan fingerprint density at radius 1 is 1.17 bits per heavy atom. The Labute approximate surface area is 143 Å². The maximum absolute atomic E-state index is 12.5. The Kier molecular flexibility index (Phi) is 5.25. The van der Waals surface area contributed by atoms with Gasteiger partial charge in [0.15, 0.2) is 0 Å². The zero-order valence-corrected chi connectivity index (χ0v) is 14.3. The van der Waals surface area contributed by atoms with Gasteiger partial charge in [0.25, 0.3) is 5.91 Å². The summed E-state index contributed by atoms with van der Waals surface area (Å²) in [5.41, 5.74) is 0.589. The van der Waals surface area contributed by atoms with Crippen molar-refractivity contribution in [3.63, 3.8) is 0 Å². The molecule has 1 amide bonds. The molecule has 1 aromatic heterocycles. The van der Waals surface area contributed by atoms with E-state index in [0.717, 1.165) is 37.1 Å². The average Bonchev–Trinajstić information content (AvgIpc) is 2.86. The van der Waals surface area contributed by atoms with Crippen molar-refractivity contribution in [2.45, 2.75) is 6.42 Å². The van der Waals surface area contributed by atoms with Crippen LogP contribution in [0.5, 0.6) is 11.6 Å². The summed E-state index contributed by atoms with van der Waals surface area (Å²) in [6.07, 6.45) is 2.55. The number of benzene rings is 1. The lowest BCUT2D eigenvalue weighted by Gasteiger charge is -2.19. The van der Waals surface area contributed by atoms with Crippen molar-refractivity contribution in [1.29, 1.82) is 0 Å². The van der Waals surface area contributed by atoms with Crippen molar-refractivity contribution < 1.29 is 9.53 Å². The number of aromatic nitrogens is 1. The third kappa shape index (κ3) is 4.09. The van der Waals surface area contributed by atoms with Crippen LogP contribution in [0.25, 0.3) is 0 Å². The van der Waals surface area contributed by atoms with Crippen LogP contribution < -0.4 is 10.1 Å². The quantitative estimate of drug-likeness (QED) is 0.895. The van der Waals surface area contributed by atoms with Crippen LogP contribution in [-0.2, 0) is 0 Å². The van der Waals surface area contributed by atoms with Gasteiger partial charge in [-0.3, -0.25) is 4.79 Å². The lowest BCUT2D eigenvalue weighted by atomic mass is 10.2. The highest BCUT2D eigenvalue weighted by Crippen LogP contribution is 2.28. The molecule has 0 bridgehead atoms. The number of hydrogen-bond acceptors (Lipinski definition) is 4. The summed E-state index contributed by atoms with van der Waals surface area (Å²) in [7, 11) is 0. The highest BCUT2D eigenvalue weighted by atomic mass is 79.9. The van der Waals surface area contributed by atoms with Gasteiger partial charge in [0.05, 0.1) is 10.0 Å². The van der Waals surface area contributed by atoms with Gasteiger partial charge in [-0.2, -0.15) is 0 Å². The fraction of sp³-hybridized carbons (Fsp3) is 0.294. The molecular formula is C17H18BrN3O2. The van der Waals surface area contributed by atoms with Crippen molar-refractivity contribution in [2.75, 3.05) is 26.2 Å². The van der Waals surface area contributed by atoms with Crippen molar-refractivity contribution in [2.24, 2.45) is 0 Å². The molecule has 0 spiro atoms. The first-order chi connectivity index (χ1) is 11.2. The van der Waals surface area contributed by atoms with E-state index in [1.54, 1.807) is 18.3 Å². The van der Waals surface area contributed by atoms with Crippen molar-refractivity contribution in [3.05, 3.63) is 52.6 Å². The van der Waals surface area contributed by atoms with E-state index in [1.165, 1.54) is 0 Å². The number of carbonyl (C=O) groups is 1. The van der Waals surface area contributed by atoms with Crippen LogP contribution in [0.2, 0.25) is 0 Å². The van der Waals surface area contributed by atoms with Gasteiger partial charge in [-0.25, -0.2) is 4.98 Å². The molecule has 1 aliphatic rings. The van der Waals surface area contributed by atoms with Crippen molar-refractivity contribution in [3.8, 4) is 11.6 Å². The standard InChI is InChI=1S/C17H18BrN3O2/c18-14-4-1-2-5-15(14)23-16-7-6-13(12-20-16)17(22)21-10-3-8-19-9-11-21/h1-2,4-7,12,19H,3,8-11H2. The van der Waals surface area contributed by atoms with Crippen LogP contribution in [0, 0.1) is 0 Å². The largest absolute Gasteiger partial charge is 0.438 e. The number of carbonyl (C=O) groups excluding carboxylic acids is 1. The van der Waals surface area contributed by atoms with Crippen LogP contribution in [0.1, 0.15) is 16.8 Å². The molecule has 0 unspecified atom stereocenters. The number of ether oxygens (including phenoxy) is 1. The number of rotatable bonds is 3. The predicted molar refractivity (Wildman–Crippen MR) is 91.8 cm³/mol. The van der Waals surface area contributed by atoms with E-state index in [0.29, 0.717) is 17.2 Å². The number of pyridine rings is 1. The van der Waals surface area contributed by atoms with Crippen molar-refractivity contribution in [1.82, 2.24) is 15.2 Å². The molecular weight excluding hydrogens is 358 g/mol. The number of amides is 1. The molecule has 0 atom stereocenters. The normalized spacial score (nSPS) is 15.1. The highest BCUT2D eigenvalue weighted by Gasteiger charge is 2.17. The zero-order chi connectivity index (χ0) is 16.1. The lowest BCUT2D eigenvalue weighted by Crippen LogP contribution is -2.34. The maximum atomic E-state index is 12.5. The zero-order valence-electron chi connectivity index (χ0n) is 12.7. The van der Waals surface area contributed by atoms with Gasteiger partial charge < -0.3 is 15.0 Å². The molecule has 1 saturated heterocycles. The SMILES string of the molecule is O=C(c1ccc(Oc2ccccc2Br)nc1)N1CCCNCC1. The summed E-state index contributed by atoms with van der Waals surface area (Å²) in [6.45, 7) is 3.30. The molecule has 120 valence electrons. The molecule has 2 heterocycles. The molecule has 1 fully saturated rings. The molecule has 0 saturated carbocycles. The molecule has 5 nitrogen and oxygen atoms in total. The van der Waals surface area contributed by atoms with E-state index in [4.69, 9.17) is 4.74 Å². The fourth-order valence-electron chi connectivity index (χ4n) is 2.44. The van der Waals surface area contributed by atoms with Gasteiger partial charge in [-0.15, -0.1) is 0 Å². The maximum Gasteiger partial charge on any atom is 0.255 e. The van der Waals surface area contributed by atoms with E-state index < -0.39 is 0 Å². The number of hydrogen-bond donors (Lipinski definition) is 1. The minimum Gasteiger partial charge on any atom is -0.438 e. The van der Waals surface area contributed by atoms with Crippen molar-refractivity contribution >= 4 is 21.8 Å². The summed E-state index contributed by atoms with van der Waals surface area (Å²) in [5, 5.41) is 3.29. The number of nitrogens with one attached hydrogen (secondary N) is 1.